The number of pyridine rings is 1. The average molecular weight is 251 g/mol. The Kier molecular flexibility index (Phi) is 3.14. The monoisotopic (exact) mass is 251 g/mol. The zero-order valence-corrected chi connectivity index (χ0v) is 10.1. The van der Waals surface area contributed by atoms with Gasteiger partial charge in [0.15, 0.2) is 11.3 Å². The van der Waals surface area contributed by atoms with Crippen molar-refractivity contribution in [3.8, 4) is 5.75 Å². The molecule has 0 radical (unpaired) electrons. The first kappa shape index (κ1) is 12.3. The Morgan fingerprint density at radius 3 is 2.67 bits per heavy atom. The Morgan fingerprint density at radius 1 is 1.50 bits per heavy atom. The van der Waals surface area contributed by atoms with E-state index in [9.17, 15) is 14.9 Å². The minimum absolute atomic E-state index is 0.0353. The van der Waals surface area contributed by atoms with Gasteiger partial charge in [0.2, 0.25) is 0 Å². The molecule has 0 atom stereocenters. The van der Waals surface area contributed by atoms with Crippen molar-refractivity contribution in [2.75, 3.05) is 14.1 Å². The van der Waals surface area contributed by atoms with Crippen LogP contribution in [-0.2, 0) is 0 Å². The molecule has 1 aromatic rings. The highest BCUT2D eigenvalue weighted by atomic mass is 16.6. The van der Waals surface area contributed by atoms with Gasteiger partial charge in [0.25, 0.3) is 5.91 Å². The first-order valence-corrected chi connectivity index (χ1v) is 5.51. The molecule has 1 amide bonds. The Labute approximate surface area is 104 Å². The number of nitrogens with zero attached hydrogens (tertiary/aromatic N) is 3. The predicted molar refractivity (Wildman–Crippen MR) is 62.6 cm³/mol. The van der Waals surface area contributed by atoms with E-state index in [0.29, 0.717) is 0 Å². The van der Waals surface area contributed by atoms with Crippen molar-refractivity contribution >= 4 is 11.6 Å². The maximum Gasteiger partial charge on any atom is 0.304 e. The van der Waals surface area contributed by atoms with Crippen LogP contribution in [0.3, 0.4) is 0 Å². The molecule has 0 N–H and O–H groups in total. The summed E-state index contributed by atoms with van der Waals surface area (Å²) in [6.45, 7) is 0. The van der Waals surface area contributed by atoms with E-state index < -0.39 is 10.8 Å². The summed E-state index contributed by atoms with van der Waals surface area (Å²) in [5, 5.41) is 10.9. The molecule has 7 nitrogen and oxygen atoms in total. The highest BCUT2D eigenvalue weighted by Crippen LogP contribution is 2.33. The first-order chi connectivity index (χ1) is 8.50. The number of carbonyl (C=O) groups is 1. The van der Waals surface area contributed by atoms with Crippen molar-refractivity contribution in [3.05, 3.63) is 28.1 Å². The number of amides is 1. The Bertz CT molecular complexity index is 497. The molecule has 0 bridgehead atoms. The summed E-state index contributed by atoms with van der Waals surface area (Å²) in [5.74, 6) is -0.273. The van der Waals surface area contributed by atoms with Crippen LogP contribution in [0, 0.1) is 10.1 Å². The van der Waals surface area contributed by atoms with E-state index in [2.05, 4.69) is 4.98 Å². The van der Waals surface area contributed by atoms with Gasteiger partial charge in [-0.3, -0.25) is 19.9 Å². The Balaban J connectivity index is 2.47. The molecule has 1 saturated carbocycles. The average Bonchev–Trinajstić information content (AvgIpc) is 3.11. The fourth-order valence-corrected chi connectivity index (χ4v) is 1.46. The lowest BCUT2D eigenvalue weighted by atomic mass is 10.2. The largest absolute Gasteiger partial charge is 0.488 e. The van der Waals surface area contributed by atoms with Gasteiger partial charge >= 0.3 is 5.69 Å². The van der Waals surface area contributed by atoms with Crippen molar-refractivity contribution < 1.29 is 14.5 Å². The number of carbonyl (C=O) groups excluding carboxylic acids is 1. The lowest BCUT2D eigenvalue weighted by Gasteiger charge is -2.14. The van der Waals surface area contributed by atoms with E-state index in [4.69, 9.17) is 4.74 Å². The van der Waals surface area contributed by atoms with Crippen LogP contribution in [0.25, 0.3) is 0 Å². The van der Waals surface area contributed by atoms with Crippen LogP contribution in [0.15, 0.2) is 12.4 Å². The number of aromatic nitrogens is 1. The summed E-state index contributed by atoms with van der Waals surface area (Å²) in [6, 6.07) is 0. The van der Waals surface area contributed by atoms with Gasteiger partial charge in [-0.1, -0.05) is 0 Å². The number of hydrogen-bond acceptors (Lipinski definition) is 5. The summed E-state index contributed by atoms with van der Waals surface area (Å²) in [7, 11) is 3.07. The lowest BCUT2D eigenvalue weighted by molar-refractivity contribution is -0.385. The second-order valence-electron chi connectivity index (χ2n) is 4.31. The van der Waals surface area contributed by atoms with Crippen LogP contribution >= 0.6 is 0 Å². The molecule has 0 aliphatic heterocycles. The van der Waals surface area contributed by atoms with E-state index >= 15 is 0 Å². The zero-order valence-electron chi connectivity index (χ0n) is 10.1. The molecule has 7 heteroatoms. The van der Waals surface area contributed by atoms with E-state index in [1.165, 1.54) is 25.2 Å². The summed E-state index contributed by atoms with van der Waals surface area (Å²) in [5.41, 5.74) is -0.362. The standard InChI is InChI=1S/C11H13N3O4/c1-13(2)11(15)10-8(14(16)17)5-12-6-9(10)18-7-3-4-7/h5-7H,3-4H2,1-2H3. The van der Waals surface area contributed by atoms with Gasteiger partial charge < -0.3 is 9.64 Å². The van der Waals surface area contributed by atoms with Crippen molar-refractivity contribution in [2.24, 2.45) is 0 Å². The topological polar surface area (TPSA) is 85.6 Å². The molecule has 0 unspecified atom stereocenters. The minimum atomic E-state index is -0.622. The van der Waals surface area contributed by atoms with Gasteiger partial charge in [0.05, 0.1) is 17.2 Å². The third kappa shape index (κ3) is 2.39. The van der Waals surface area contributed by atoms with Crippen LogP contribution in [-0.4, -0.2) is 40.9 Å². The molecule has 1 aliphatic rings. The molecule has 0 aromatic carbocycles. The van der Waals surface area contributed by atoms with Crippen LogP contribution in [0.5, 0.6) is 5.75 Å². The second-order valence-corrected chi connectivity index (χ2v) is 4.31. The molecule has 1 heterocycles. The van der Waals surface area contributed by atoms with Gasteiger partial charge in [0, 0.05) is 14.1 Å². The summed E-state index contributed by atoms with van der Waals surface area (Å²) in [6.07, 6.45) is 4.26. The fraction of sp³-hybridized carbons (Fsp3) is 0.455. The van der Waals surface area contributed by atoms with Gasteiger partial charge in [-0.2, -0.15) is 0 Å². The zero-order chi connectivity index (χ0) is 13.3. The first-order valence-electron chi connectivity index (χ1n) is 5.51. The molecule has 1 aromatic heterocycles. The van der Waals surface area contributed by atoms with Crippen molar-refractivity contribution in [2.45, 2.75) is 18.9 Å². The van der Waals surface area contributed by atoms with Crippen LogP contribution in [0.2, 0.25) is 0 Å². The van der Waals surface area contributed by atoms with Gasteiger partial charge in [-0.05, 0) is 12.8 Å². The maximum atomic E-state index is 12.0. The predicted octanol–water partition coefficient (Wildman–Crippen LogP) is 1.23. The summed E-state index contributed by atoms with van der Waals surface area (Å²) in [4.78, 5) is 27.4. The van der Waals surface area contributed by atoms with E-state index in [1.807, 2.05) is 0 Å². The van der Waals surface area contributed by atoms with Gasteiger partial charge in [0.1, 0.15) is 6.20 Å². The smallest absolute Gasteiger partial charge is 0.304 e. The Morgan fingerprint density at radius 2 is 2.17 bits per heavy atom. The van der Waals surface area contributed by atoms with Crippen molar-refractivity contribution in [3.63, 3.8) is 0 Å². The van der Waals surface area contributed by atoms with E-state index in [0.717, 1.165) is 19.0 Å². The third-order valence-electron chi connectivity index (χ3n) is 2.53. The highest BCUT2D eigenvalue weighted by Gasteiger charge is 2.31. The molecular formula is C11H13N3O4. The molecule has 18 heavy (non-hydrogen) atoms. The molecule has 96 valence electrons. The SMILES string of the molecule is CN(C)C(=O)c1c(OC2CC2)cncc1[N+](=O)[O-]. The number of nitro groups is 1. The number of hydrogen-bond donors (Lipinski definition) is 0. The molecule has 1 fully saturated rings. The van der Waals surface area contributed by atoms with E-state index in [1.54, 1.807) is 0 Å². The van der Waals surface area contributed by atoms with Gasteiger partial charge in [-0.15, -0.1) is 0 Å². The number of rotatable bonds is 4. The van der Waals surface area contributed by atoms with Crippen molar-refractivity contribution in [1.29, 1.82) is 0 Å². The van der Waals surface area contributed by atoms with E-state index in [-0.39, 0.29) is 23.1 Å². The van der Waals surface area contributed by atoms with Gasteiger partial charge in [-0.25, -0.2) is 0 Å². The quantitative estimate of drug-likeness (QED) is 0.593. The second kappa shape index (κ2) is 4.59. The summed E-state index contributed by atoms with van der Waals surface area (Å²) >= 11 is 0. The molecular weight excluding hydrogens is 238 g/mol. The van der Waals surface area contributed by atoms with Crippen molar-refractivity contribution in [1.82, 2.24) is 9.88 Å². The Hall–Kier alpha value is -2.18. The normalized spacial score (nSPS) is 14.1. The third-order valence-corrected chi connectivity index (χ3v) is 2.53. The molecule has 0 spiro atoms. The molecule has 1 aliphatic carbocycles. The lowest BCUT2D eigenvalue weighted by Crippen LogP contribution is -2.24. The highest BCUT2D eigenvalue weighted by molar-refractivity contribution is 6.00. The molecule has 2 rings (SSSR count). The summed E-state index contributed by atoms with van der Waals surface area (Å²) < 4.78 is 5.50. The minimum Gasteiger partial charge on any atom is -0.488 e. The van der Waals surface area contributed by atoms with Crippen LogP contribution in [0.4, 0.5) is 5.69 Å². The number of ether oxygens (including phenoxy) is 1. The van der Waals surface area contributed by atoms with Crippen LogP contribution < -0.4 is 4.74 Å². The van der Waals surface area contributed by atoms with Crippen LogP contribution in [0.1, 0.15) is 23.2 Å². The fourth-order valence-electron chi connectivity index (χ4n) is 1.46. The maximum absolute atomic E-state index is 12.0. The molecule has 0 saturated heterocycles.